The van der Waals surface area contributed by atoms with Crippen LogP contribution in [0.5, 0.6) is 0 Å². The fraction of sp³-hybridized carbons (Fsp3) is 0.0588. The van der Waals surface area contributed by atoms with E-state index in [-0.39, 0.29) is 5.69 Å². The quantitative estimate of drug-likeness (QED) is 0.421. The number of para-hydroxylation sites is 2. The number of imidazole rings is 1. The normalized spacial score (nSPS) is 11.4. The SMILES string of the molecule is Cn1c(/C(C#N)=C\c2ccc([N+](=O)[O-])cc2)nc2ccccc21. The minimum Gasteiger partial charge on any atom is -0.327 e. The lowest BCUT2D eigenvalue weighted by Crippen LogP contribution is -1.96. The predicted molar refractivity (Wildman–Crippen MR) is 87.3 cm³/mol. The van der Waals surface area contributed by atoms with Crippen molar-refractivity contribution >= 4 is 28.4 Å². The van der Waals surface area contributed by atoms with Crippen molar-refractivity contribution in [3.05, 3.63) is 70.0 Å². The first-order valence-corrected chi connectivity index (χ1v) is 6.88. The van der Waals surface area contributed by atoms with Gasteiger partial charge in [-0.25, -0.2) is 4.98 Å². The molecule has 0 radical (unpaired) electrons. The van der Waals surface area contributed by atoms with Gasteiger partial charge in [0.15, 0.2) is 5.82 Å². The van der Waals surface area contributed by atoms with Crippen LogP contribution < -0.4 is 0 Å². The Hall–Kier alpha value is -3.46. The minimum absolute atomic E-state index is 0.0170. The summed E-state index contributed by atoms with van der Waals surface area (Å²) in [5.74, 6) is 0.562. The Kier molecular flexibility index (Phi) is 3.61. The fourth-order valence-electron chi connectivity index (χ4n) is 2.39. The van der Waals surface area contributed by atoms with E-state index in [1.165, 1.54) is 12.1 Å². The molecule has 0 aliphatic heterocycles. The van der Waals surface area contributed by atoms with Gasteiger partial charge < -0.3 is 4.57 Å². The summed E-state index contributed by atoms with van der Waals surface area (Å²) in [6.07, 6.45) is 1.67. The molecule has 1 aromatic heterocycles. The molecule has 0 atom stereocenters. The third-order valence-corrected chi connectivity index (χ3v) is 3.56. The molecule has 6 heteroatoms. The molecule has 2 aromatic carbocycles. The molecule has 0 unspecified atom stereocenters. The average molecular weight is 304 g/mol. The number of nitro benzene ring substituents is 1. The van der Waals surface area contributed by atoms with E-state index < -0.39 is 4.92 Å². The number of allylic oxidation sites excluding steroid dienone is 1. The van der Waals surface area contributed by atoms with Gasteiger partial charge in [0.1, 0.15) is 6.07 Å². The fourth-order valence-corrected chi connectivity index (χ4v) is 2.39. The van der Waals surface area contributed by atoms with E-state index in [2.05, 4.69) is 11.1 Å². The first kappa shape index (κ1) is 14.5. The summed E-state index contributed by atoms with van der Waals surface area (Å²) in [4.78, 5) is 14.7. The van der Waals surface area contributed by atoms with E-state index in [0.29, 0.717) is 17.0 Å². The van der Waals surface area contributed by atoms with Crippen LogP contribution in [0.1, 0.15) is 11.4 Å². The number of hydrogen-bond donors (Lipinski definition) is 0. The number of hydrogen-bond acceptors (Lipinski definition) is 4. The van der Waals surface area contributed by atoms with Crippen LogP contribution in [0.2, 0.25) is 0 Å². The monoisotopic (exact) mass is 304 g/mol. The van der Waals surface area contributed by atoms with Crippen LogP contribution in [0.15, 0.2) is 48.5 Å². The van der Waals surface area contributed by atoms with Crippen molar-refractivity contribution in [2.24, 2.45) is 7.05 Å². The van der Waals surface area contributed by atoms with Gasteiger partial charge in [-0.3, -0.25) is 10.1 Å². The summed E-state index contributed by atoms with van der Waals surface area (Å²) in [5, 5.41) is 20.1. The molecule has 0 aliphatic carbocycles. The van der Waals surface area contributed by atoms with Gasteiger partial charge in [0, 0.05) is 19.2 Å². The van der Waals surface area contributed by atoms with Gasteiger partial charge in [0.2, 0.25) is 0 Å². The Labute approximate surface area is 132 Å². The zero-order chi connectivity index (χ0) is 16.4. The van der Waals surface area contributed by atoms with E-state index >= 15 is 0 Å². The van der Waals surface area contributed by atoms with Crippen LogP contribution in [0.4, 0.5) is 5.69 Å². The molecule has 0 aliphatic rings. The smallest absolute Gasteiger partial charge is 0.269 e. The van der Waals surface area contributed by atoms with E-state index in [0.717, 1.165) is 11.0 Å². The summed E-state index contributed by atoms with van der Waals surface area (Å²) in [6.45, 7) is 0. The molecular weight excluding hydrogens is 292 g/mol. The molecule has 3 rings (SSSR count). The van der Waals surface area contributed by atoms with Crippen LogP contribution in [-0.2, 0) is 7.05 Å². The lowest BCUT2D eigenvalue weighted by molar-refractivity contribution is -0.384. The molecule has 23 heavy (non-hydrogen) atoms. The molecule has 0 spiro atoms. The molecule has 1 heterocycles. The van der Waals surface area contributed by atoms with Crippen molar-refractivity contribution in [3.63, 3.8) is 0 Å². The Balaban J connectivity index is 2.06. The second kappa shape index (κ2) is 5.73. The van der Waals surface area contributed by atoms with Gasteiger partial charge >= 0.3 is 0 Å². The van der Waals surface area contributed by atoms with E-state index in [9.17, 15) is 15.4 Å². The maximum absolute atomic E-state index is 10.7. The summed E-state index contributed by atoms with van der Waals surface area (Å²) in [7, 11) is 1.85. The Morgan fingerprint density at radius 1 is 1.26 bits per heavy atom. The summed E-state index contributed by atoms with van der Waals surface area (Å²) in [6, 6.07) is 15.8. The molecular formula is C17H12N4O2. The van der Waals surface area contributed by atoms with Crippen molar-refractivity contribution in [1.29, 1.82) is 5.26 Å². The molecule has 0 bridgehead atoms. The number of aryl methyl sites for hydroxylation is 1. The van der Waals surface area contributed by atoms with Crippen LogP contribution >= 0.6 is 0 Å². The second-order valence-corrected chi connectivity index (χ2v) is 5.00. The molecule has 0 fully saturated rings. The maximum atomic E-state index is 10.7. The van der Waals surface area contributed by atoms with Crippen LogP contribution in [-0.4, -0.2) is 14.5 Å². The van der Waals surface area contributed by atoms with Gasteiger partial charge in [-0.15, -0.1) is 0 Å². The zero-order valence-corrected chi connectivity index (χ0v) is 12.3. The largest absolute Gasteiger partial charge is 0.327 e. The third kappa shape index (κ3) is 2.68. The predicted octanol–water partition coefficient (Wildman–Crippen LogP) is 3.55. The first-order valence-electron chi connectivity index (χ1n) is 6.88. The van der Waals surface area contributed by atoms with Crippen LogP contribution in [0.25, 0.3) is 22.7 Å². The van der Waals surface area contributed by atoms with Crippen LogP contribution in [0, 0.1) is 21.4 Å². The highest BCUT2D eigenvalue weighted by atomic mass is 16.6. The van der Waals surface area contributed by atoms with Gasteiger partial charge in [-0.05, 0) is 35.9 Å². The molecule has 0 amide bonds. The highest BCUT2D eigenvalue weighted by Crippen LogP contribution is 2.22. The Bertz CT molecular complexity index is 962. The summed E-state index contributed by atoms with van der Waals surface area (Å²) < 4.78 is 1.86. The zero-order valence-electron chi connectivity index (χ0n) is 12.3. The first-order chi connectivity index (χ1) is 11.1. The number of rotatable bonds is 3. The lowest BCUT2D eigenvalue weighted by Gasteiger charge is -2.01. The number of benzene rings is 2. The Morgan fingerprint density at radius 2 is 1.96 bits per heavy atom. The van der Waals surface area contributed by atoms with Gasteiger partial charge in [0.25, 0.3) is 5.69 Å². The van der Waals surface area contributed by atoms with Crippen molar-refractivity contribution in [3.8, 4) is 6.07 Å². The lowest BCUT2D eigenvalue weighted by atomic mass is 10.1. The molecule has 0 saturated heterocycles. The summed E-state index contributed by atoms with van der Waals surface area (Å²) >= 11 is 0. The highest BCUT2D eigenvalue weighted by Gasteiger charge is 2.12. The maximum Gasteiger partial charge on any atom is 0.269 e. The van der Waals surface area contributed by atoms with E-state index in [1.54, 1.807) is 18.2 Å². The van der Waals surface area contributed by atoms with Crippen molar-refractivity contribution in [2.45, 2.75) is 0 Å². The van der Waals surface area contributed by atoms with Crippen molar-refractivity contribution in [1.82, 2.24) is 9.55 Å². The number of fused-ring (bicyclic) bond motifs is 1. The summed E-state index contributed by atoms with van der Waals surface area (Å²) in [5.41, 5.74) is 2.88. The molecule has 0 saturated carbocycles. The van der Waals surface area contributed by atoms with Gasteiger partial charge in [-0.1, -0.05) is 12.1 Å². The van der Waals surface area contributed by atoms with Crippen molar-refractivity contribution in [2.75, 3.05) is 0 Å². The standard InChI is InChI=1S/C17H12N4O2/c1-20-16-5-3-2-4-15(16)19-17(20)13(11-18)10-12-6-8-14(9-7-12)21(22)23/h2-10H,1H3/b13-10-. The highest BCUT2D eigenvalue weighted by molar-refractivity contribution is 5.90. The average Bonchev–Trinajstić information content (AvgIpc) is 2.90. The Morgan fingerprint density at radius 3 is 2.57 bits per heavy atom. The number of nitriles is 1. The molecule has 112 valence electrons. The molecule has 6 nitrogen and oxygen atoms in total. The minimum atomic E-state index is -0.454. The van der Waals surface area contributed by atoms with E-state index in [1.807, 2.05) is 35.9 Å². The number of aromatic nitrogens is 2. The van der Waals surface area contributed by atoms with E-state index in [4.69, 9.17) is 0 Å². The number of nitro groups is 1. The van der Waals surface area contributed by atoms with Crippen LogP contribution in [0.3, 0.4) is 0 Å². The topological polar surface area (TPSA) is 84.8 Å². The van der Waals surface area contributed by atoms with Gasteiger partial charge in [0.05, 0.1) is 21.5 Å². The van der Waals surface area contributed by atoms with Crippen molar-refractivity contribution < 1.29 is 4.92 Å². The molecule has 0 N–H and O–H groups in total. The third-order valence-electron chi connectivity index (χ3n) is 3.56. The number of nitrogens with zero attached hydrogens (tertiary/aromatic N) is 4. The second-order valence-electron chi connectivity index (χ2n) is 5.00. The number of non-ortho nitro benzene ring substituents is 1. The molecule has 3 aromatic rings. The van der Waals surface area contributed by atoms with Gasteiger partial charge in [-0.2, -0.15) is 5.26 Å².